The van der Waals surface area contributed by atoms with Gasteiger partial charge in [0.15, 0.2) is 0 Å². The van der Waals surface area contributed by atoms with E-state index in [9.17, 15) is 9.59 Å². The zero-order valence-corrected chi connectivity index (χ0v) is 9.77. The fraction of sp³-hybridized carbons (Fsp3) is 0.385. The maximum atomic E-state index is 11.8. The quantitative estimate of drug-likeness (QED) is 0.579. The van der Waals surface area contributed by atoms with Gasteiger partial charge in [-0.3, -0.25) is 4.79 Å². The molecule has 0 bridgehead atoms. The minimum atomic E-state index is 0.172. The summed E-state index contributed by atoms with van der Waals surface area (Å²) in [5.41, 5.74) is 2.45. The highest BCUT2D eigenvalue weighted by molar-refractivity contribution is 5.94. The van der Waals surface area contributed by atoms with E-state index in [2.05, 4.69) is 4.99 Å². The topological polar surface area (TPSA) is 49.7 Å². The first-order valence-electron chi connectivity index (χ1n) is 5.71. The number of hydrogen-bond donors (Lipinski definition) is 0. The van der Waals surface area contributed by atoms with Gasteiger partial charge in [0.25, 0.3) is 0 Å². The molecule has 1 aliphatic heterocycles. The van der Waals surface area contributed by atoms with Crippen LogP contribution < -0.4 is 4.90 Å². The van der Waals surface area contributed by atoms with Crippen LogP contribution in [0.15, 0.2) is 23.2 Å². The third-order valence-corrected chi connectivity index (χ3v) is 2.97. The van der Waals surface area contributed by atoms with Gasteiger partial charge in [-0.15, -0.1) is 0 Å². The predicted octanol–water partition coefficient (Wildman–Crippen LogP) is 2.48. The first kappa shape index (κ1) is 11.6. The van der Waals surface area contributed by atoms with Crippen molar-refractivity contribution in [3.63, 3.8) is 0 Å². The van der Waals surface area contributed by atoms with Gasteiger partial charge in [0.1, 0.15) is 0 Å². The normalized spacial score (nSPS) is 15.6. The van der Waals surface area contributed by atoms with Crippen LogP contribution in [0.2, 0.25) is 0 Å². The van der Waals surface area contributed by atoms with E-state index in [-0.39, 0.29) is 5.91 Å². The Morgan fingerprint density at radius 3 is 2.82 bits per heavy atom. The maximum Gasteiger partial charge on any atom is 0.240 e. The number of piperidine rings is 1. The number of anilines is 1. The summed E-state index contributed by atoms with van der Waals surface area (Å²) in [7, 11) is 0. The van der Waals surface area contributed by atoms with Gasteiger partial charge < -0.3 is 4.90 Å². The van der Waals surface area contributed by atoms with Crippen LogP contribution >= 0.6 is 0 Å². The van der Waals surface area contributed by atoms with E-state index in [1.165, 1.54) is 6.08 Å². The molecule has 1 aromatic carbocycles. The number of nitrogens with zero attached hydrogens (tertiary/aromatic N) is 2. The summed E-state index contributed by atoms with van der Waals surface area (Å²) in [6, 6.07) is 5.37. The summed E-state index contributed by atoms with van der Waals surface area (Å²) in [4.78, 5) is 27.3. The van der Waals surface area contributed by atoms with E-state index in [0.29, 0.717) is 12.1 Å². The van der Waals surface area contributed by atoms with Crippen molar-refractivity contribution < 1.29 is 9.59 Å². The van der Waals surface area contributed by atoms with Gasteiger partial charge in [-0.25, -0.2) is 4.79 Å². The van der Waals surface area contributed by atoms with Gasteiger partial charge in [0, 0.05) is 18.7 Å². The summed E-state index contributed by atoms with van der Waals surface area (Å²) in [6.45, 7) is 2.69. The van der Waals surface area contributed by atoms with E-state index in [1.807, 2.05) is 17.9 Å². The van der Waals surface area contributed by atoms with Crippen molar-refractivity contribution in [2.24, 2.45) is 4.99 Å². The number of aryl methyl sites for hydroxylation is 1. The number of aliphatic imine (C=N–C) groups is 1. The highest BCUT2D eigenvalue weighted by atomic mass is 16.2. The zero-order valence-electron chi connectivity index (χ0n) is 9.77. The van der Waals surface area contributed by atoms with Crippen LogP contribution in [-0.2, 0) is 9.59 Å². The largest absolute Gasteiger partial charge is 0.312 e. The van der Waals surface area contributed by atoms with E-state index < -0.39 is 0 Å². The van der Waals surface area contributed by atoms with Gasteiger partial charge in [-0.05, 0) is 43.5 Å². The van der Waals surface area contributed by atoms with Crippen LogP contribution in [0.1, 0.15) is 24.8 Å². The molecule has 2 rings (SSSR count). The molecule has 0 radical (unpaired) electrons. The number of amides is 1. The second-order valence-electron chi connectivity index (χ2n) is 4.18. The van der Waals surface area contributed by atoms with Crippen LogP contribution in [0.4, 0.5) is 11.4 Å². The zero-order chi connectivity index (χ0) is 12.3. The van der Waals surface area contributed by atoms with Gasteiger partial charge in [0.05, 0.1) is 5.69 Å². The molecule has 4 nitrogen and oxygen atoms in total. The Balaban J connectivity index is 2.32. The minimum absolute atomic E-state index is 0.172. The van der Waals surface area contributed by atoms with Crippen molar-refractivity contribution in [1.82, 2.24) is 0 Å². The number of rotatable bonds is 2. The number of carbonyl (C=O) groups is 1. The fourth-order valence-corrected chi connectivity index (χ4v) is 2.13. The molecule has 1 amide bonds. The lowest BCUT2D eigenvalue weighted by molar-refractivity contribution is -0.119. The van der Waals surface area contributed by atoms with Crippen LogP contribution in [0.25, 0.3) is 0 Å². The van der Waals surface area contributed by atoms with E-state index in [4.69, 9.17) is 0 Å². The van der Waals surface area contributed by atoms with Gasteiger partial charge in [-0.2, -0.15) is 4.99 Å². The molecule has 0 N–H and O–H groups in total. The third kappa shape index (κ3) is 2.43. The van der Waals surface area contributed by atoms with Crippen molar-refractivity contribution >= 4 is 23.4 Å². The van der Waals surface area contributed by atoms with Crippen molar-refractivity contribution in [3.8, 4) is 0 Å². The van der Waals surface area contributed by atoms with E-state index in [0.717, 1.165) is 30.6 Å². The number of carbonyl (C=O) groups excluding carboxylic acids is 2. The van der Waals surface area contributed by atoms with Crippen molar-refractivity contribution in [2.75, 3.05) is 11.4 Å². The molecule has 0 saturated carbocycles. The summed E-state index contributed by atoms with van der Waals surface area (Å²) in [5.74, 6) is 0.172. The van der Waals surface area contributed by atoms with E-state index >= 15 is 0 Å². The Kier molecular flexibility index (Phi) is 3.35. The molecule has 4 heteroatoms. The lowest BCUT2D eigenvalue weighted by Crippen LogP contribution is -2.35. The van der Waals surface area contributed by atoms with Gasteiger partial charge in [-0.1, -0.05) is 0 Å². The molecule has 0 unspecified atom stereocenters. The second kappa shape index (κ2) is 4.93. The van der Waals surface area contributed by atoms with Crippen molar-refractivity contribution in [1.29, 1.82) is 0 Å². The smallest absolute Gasteiger partial charge is 0.240 e. The third-order valence-electron chi connectivity index (χ3n) is 2.97. The summed E-state index contributed by atoms with van der Waals surface area (Å²) in [5, 5.41) is 0. The molecule has 17 heavy (non-hydrogen) atoms. The lowest BCUT2D eigenvalue weighted by atomic mass is 10.1. The Morgan fingerprint density at radius 2 is 2.18 bits per heavy atom. The minimum Gasteiger partial charge on any atom is -0.312 e. The van der Waals surface area contributed by atoms with Crippen LogP contribution in [0.3, 0.4) is 0 Å². The van der Waals surface area contributed by atoms with E-state index in [1.54, 1.807) is 12.1 Å². The maximum absolute atomic E-state index is 11.8. The molecule has 0 spiro atoms. The van der Waals surface area contributed by atoms with Crippen LogP contribution in [0.5, 0.6) is 0 Å². The molecule has 88 valence electrons. The summed E-state index contributed by atoms with van der Waals surface area (Å²) < 4.78 is 0. The number of benzene rings is 1. The van der Waals surface area contributed by atoms with Gasteiger partial charge in [0.2, 0.25) is 12.0 Å². The monoisotopic (exact) mass is 230 g/mol. The van der Waals surface area contributed by atoms with Crippen LogP contribution in [0, 0.1) is 6.92 Å². The Labute approximate surface area is 100.0 Å². The SMILES string of the molecule is Cc1cc(N=C=O)ccc1N1CCCCC1=O. The predicted molar refractivity (Wildman–Crippen MR) is 65.2 cm³/mol. The van der Waals surface area contributed by atoms with Crippen LogP contribution in [-0.4, -0.2) is 18.5 Å². The van der Waals surface area contributed by atoms with Crippen molar-refractivity contribution in [3.05, 3.63) is 23.8 Å². The Morgan fingerprint density at radius 1 is 1.35 bits per heavy atom. The average Bonchev–Trinajstić information content (AvgIpc) is 2.31. The number of hydrogen-bond acceptors (Lipinski definition) is 3. The first-order valence-corrected chi connectivity index (χ1v) is 5.71. The average molecular weight is 230 g/mol. The van der Waals surface area contributed by atoms with Crippen molar-refractivity contribution in [2.45, 2.75) is 26.2 Å². The summed E-state index contributed by atoms with van der Waals surface area (Å²) >= 11 is 0. The fourth-order valence-electron chi connectivity index (χ4n) is 2.13. The second-order valence-corrected chi connectivity index (χ2v) is 4.18. The summed E-state index contributed by atoms with van der Waals surface area (Å²) in [6.07, 6.45) is 4.15. The molecular formula is C13H14N2O2. The molecule has 0 aromatic heterocycles. The molecule has 1 fully saturated rings. The molecular weight excluding hydrogens is 216 g/mol. The molecule has 1 aliphatic rings. The number of isocyanates is 1. The molecule has 0 atom stereocenters. The molecule has 1 saturated heterocycles. The lowest BCUT2D eigenvalue weighted by Gasteiger charge is -2.28. The Hall–Kier alpha value is -1.93. The van der Waals surface area contributed by atoms with Gasteiger partial charge >= 0.3 is 0 Å². The molecule has 1 aromatic rings. The highest BCUT2D eigenvalue weighted by Gasteiger charge is 2.20. The molecule has 1 heterocycles. The first-order chi connectivity index (χ1) is 8.22. The standard InChI is InChI=1S/C13H14N2O2/c1-10-8-11(14-9-16)5-6-12(10)15-7-3-2-4-13(15)17/h5-6,8H,2-4,7H2,1H3. The Bertz CT molecular complexity index is 490. The molecule has 0 aliphatic carbocycles. The highest BCUT2D eigenvalue weighted by Crippen LogP contribution is 2.27.